The Balaban J connectivity index is 0.000000214. The normalized spacial score (nSPS) is 16.6. The number of likely N-dealkylation sites (tertiary alicyclic amines) is 1. The van der Waals surface area contributed by atoms with Gasteiger partial charge in [0.25, 0.3) is 5.91 Å². The fourth-order valence-electron chi connectivity index (χ4n) is 7.56. The first-order chi connectivity index (χ1) is 25.3. The van der Waals surface area contributed by atoms with Crippen LogP contribution in [-0.4, -0.2) is 56.4 Å². The number of nitrogens with zero attached hydrogens (tertiary/aromatic N) is 3. The molecule has 1 aliphatic heterocycles. The molecule has 53 heavy (non-hydrogen) atoms. The van der Waals surface area contributed by atoms with E-state index in [9.17, 15) is 9.59 Å². The highest BCUT2D eigenvalue weighted by Gasteiger charge is 2.30. The molecule has 0 bridgehead atoms. The number of hydrogen-bond acceptors (Lipinski definition) is 4. The van der Waals surface area contributed by atoms with Crippen LogP contribution in [0.15, 0.2) is 73.1 Å². The number of rotatable bonds is 7. The van der Waals surface area contributed by atoms with Crippen molar-refractivity contribution < 1.29 is 9.59 Å². The second-order valence-electron chi connectivity index (χ2n) is 15.3. The highest BCUT2D eigenvalue weighted by Crippen LogP contribution is 2.42. The molecule has 1 saturated heterocycles. The summed E-state index contributed by atoms with van der Waals surface area (Å²) in [4.78, 5) is 35.1. The van der Waals surface area contributed by atoms with Gasteiger partial charge in [0, 0.05) is 67.7 Å². The number of H-pyrrole nitrogens is 1. The van der Waals surface area contributed by atoms with Crippen molar-refractivity contribution in [3.63, 3.8) is 0 Å². The van der Waals surface area contributed by atoms with E-state index >= 15 is 0 Å². The molecule has 1 unspecified atom stereocenters. The fraction of sp³-hybridized carbons (Fsp3) is 0.405. The van der Waals surface area contributed by atoms with Crippen molar-refractivity contribution in [3.8, 4) is 22.5 Å². The minimum Gasteiger partial charge on any atom is -0.364 e. The van der Waals surface area contributed by atoms with Crippen molar-refractivity contribution in [1.29, 1.82) is 0 Å². The van der Waals surface area contributed by atoms with Crippen LogP contribution in [0.4, 0.5) is 0 Å². The van der Waals surface area contributed by atoms with Gasteiger partial charge in [-0.15, -0.1) is 0 Å². The molecule has 0 radical (unpaired) electrons. The second-order valence-corrected chi connectivity index (χ2v) is 16.6. The molecule has 2 aromatic heterocycles. The van der Waals surface area contributed by atoms with Crippen molar-refractivity contribution in [3.05, 3.63) is 99.4 Å². The summed E-state index contributed by atoms with van der Waals surface area (Å²) in [7, 11) is 0. The SMILES string of the molecule is CC(C)(C)C(=O)NC1CCN(C2CCCCC2)CC1.CC(c1ccc(Cl)cc1Cl)n1cnc(-c2ccccc2)c1-c1c(C(N)=O)[nH]c2cc(Cl)ccc12. The highest BCUT2D eigenvalue weighted by molar-refractivity contribution is 6.35. The van der Waals surface area contributed by atoms with Gasteiger partial charge in [0.1, 0.15) is 5.69 Å². The van der Waals surface area contributed by atoms with E-state index in [2.05, 4.69) is 15.2 Å². The van der Waals surface area contributed by atoms with E-state index in [1.807, 2.05) is 74.7 Å². The minimum atomic E-state index is -0.578. The molecule has 5 aromatic rings. The number of imidazole rings is 1. The molecule has 2 aliphatic rings. The smallest absolute Gasteiger partial charge is 0.265 e. The number of nitrogens with two attached hydrogens (primary N) is 1. The maximum Gasteiger partial charge on any atom is 0.265 e. The molecular formula is C42H49Cl3N6O2. The molecule has 1 saturated carbocycles. The van der Waals surface area contributed by atoms with Crippen LogP contribution in [-0.2, 0) is 4.79 Å². The Morgan fingerprint density at radius 1 is 0.906 bits per heavy atom. The topological polar surface area (TPSA) is 109 Å². The lowest BCUT2D eigenvalue weighted by Gasteiger charge is -2.39. The third kappa shape index (κ3) is 8.94. The number of fused-ring (bicyclic) bond motifs is 1. The van der Waals surface area contributed by atoms with E-state index < -0.39 is 5.91 Å². The van der Waals surface area contributed by atoms with E-state index in [0.717, 1.165) is 46.8 Å². The average Bonchev–Trinajstić information content (AvgIpc) is 3.74. The van der Waals surface area contributed by atoms with Crippen LogP contribution in [0, 0.1) is 5.41 Å². The largest absolute Gasteiger partial charge is 0.364 e. The Morgan fingerprint density at radius 2 is 1.57 bits per heavy atom. The van der Waals surface area contributed by atoms with Crippen LogP contribution in [0.25, 0.3) is 33.4 Å². The number of carbonyl (C=O) groups is 2. The van der Waals surface area contributed by atoms with Gasteiger partial charge in [-0.2, -0.15) is 0 Å². The molecule has 8 nitrogen and oxygen atoms in total. The first-order valence-corrected chi connectivity index (χ1v) is 19.7. The number of nitrogens with one attached hydrogen (secondary N) is 2. The monoisotopic (exact) mass is 774 g/mol. The highest BCUT2D eigenvalue weighted by atomic mass is 35.5. The maximum atomic E-state index is 12.6. The van der Waals surface area contributed by atoms with Crippen LogP contribution < -0.4 is 11.1 Å². The number of primary amides is 1. The van der Waals surface area contributed by atoms with Crippen molar-refractivity contribution in [2.75, 3.05) is 13.1 Å². The number of amides is 2. The lowest BCUT2D eigenvalue weighted by molar-refractivity contribution is -0.129. The third-order valence-corrected chi connectivity index (χ3v) is 11.3. The van der Waals surface area contributed by atoms with Gasteiger partial charge in [0.15, 0.2) is 0 Å². The molecular weight excluding hydrogens is 727 g/mol. The molecule has 3 heterocycles. The third-order valence-electron chi connectivity index (χ3n) is 10.6. The predicted octanol–water partition coefficient (Wildman–Crippen LogP) is 10.3. The van der Waals surface area contributed by atoms with Gasteiger partial charge in [0.05, 0.1) is 23.8 Å². The van der Waals surface area contributed by atoms with Crippen LogP contribution in [0.3, 0.4) is 0 Å². The Kier molecular flexibility index (Phi) is 12.2. The number of benzene rings is 3. The zero-order valence-corrected chi connectivity index (χ0v) is 33.2. The van der Waals surface area contributed by atoms with E-state index in [-0.39, 0.29) is 23.1 Å². The number of piperidine rings is 1. The number of halogens is 3. The zero-order chi connectivity index (χ0) is 37.9. The Labute approximate surface area is 327 Å². The zero-order valence-electron chi connectivity index (χ0n) is 30.9. The number of carbonyl (C=O) groups excluding carboxylic acids is 2. The molecule has 2 fully saturated rings. The van der Waals surface area contributed by atoms with E-state index in [1.165, 1.54) is 45.2 Å². The molecule has 2 amide bonds. The summed E-state index contributed by atoms with van der Waals surface area (Å²) >= 11 is 18.9. The van der Waals surface area contributed by atoms with Gasteiger partial charge in [-0.25, -0.2) is 4.98 Å². The summed E-state index contributed by atoms with van der Waals surface area (Å²) < 4.78 is 2.00. The number of aromatic nitrogens is 3. The molecule has 4 N–H and O–H groups in total. The lowest BCUT2D eigenvalue weighted by Crippen LogP contribution is -2.50. The van der Waals surface area contributed by atoms with Gasteiger partial charge < -0.3 is 25.5 Å². The summed E-state index contributed by atoms with van der Waals surface area (Å²) in [6, 6.07) is 21.6. The summed E-state index contributed by atoms with van der Waals surface area (Å²) in [5.41, 5.74) is 10.4. The van der Waals surface area contributed by atoms with Crippen molar-refractivity contribution >= 4 is 57.5 Å². The summed E-state index contributed by atoms with van der Waals surface area (Å²) in [5.74, 6) is -0.380. The van der Waals surface area contributed by atoms with E-state index in [0.29, 0.717) is 32.2 Å². The first kappa shape index (κ1) is 38.9. The summed E-state index contributed by atoms with van der Waals surface area (Å²) in [6.07, 6.45) is 11.0. The molecule has 1 aliphatic carbocycles. The second kappa shape index (κ2) is 16.7. The predicted molar refractivity (Wildman–Crippen MR) is 218 cm³/mol. The Hall–Kier alpha value is -3.82. The summed E-state index contributed by atoms with van der Waals surface area (Å²) in [5, 5.41) is 5.68. The van der Waals surface area contributed by atoms with Crippen molar-refractivity contribution in [1.82, 2.24) is 24.8 Å². The van der Waals surface area contributed by atoms with Crippen LogP contribution in [0.2, 0.25) is 15.1 Å². The number of aromatic amines is 1. The van der Waals surface area contributed by atoms with Gasteiger partial charge >= 0.3 is 0 Å². The molecule has 280 valence electrons. The summed E-state index contributed by atoms with van der Waals surface area (Å²) in [6.45, 7) is 10.3. The molecule has 0 spiro atoms. The fourth-order valence-corrected chi connectivity index (χ4v) is 8.30. The average molecular weight is 776 g/mol. The standard InChI is InChI=1S/C26H19Cl3N4O.C16H30N2O/c1-14(18-9-7-16(27)11-20(18)29)33-13-31-23(15-5-3-2-4-6-15)25(33)22-19-10-8-17(28)12-21(19)32-24(22)26(30)34;1-16(2,3)15(19)17-13-9-11-18(12-10-13)14-7-5-4-6-8-14/h2-14,32H,1H3,(H2,30,34);13-14H,4-12H2,1-3H3,(H,17,19). The van der Waals surface area contributed by atoms with Crippen LogP contribution in [0.1, 0.15) is 94.7 Å². The van der Waals surface area contributed by atoms with Gasteiger partial charge in [-0.1, -0.05) is 117 Å². The van der Waals surface area contributed by atoms with Crippen LogP contribution in [0.5, 0.6) is 0 Å². The van der Waals surface area contributed by atoms with Gasteiger partial charge in [-0.3, -0.25) is 9.59 Å². The quantitative estimate of drug-likeness (QED) is 0.153. The van der Waals surface area contributed by atoms with E-state index in [1.54, 1.807) is 30.6 Å². The first-order valence-electron chi connectivity index (χ1n) is 18.6. The minimum absolute atomic E-state index is 0.198. The molecule has 7 rings (SSSR count). The van der Waals surface area contributed by atoms with Crippen molar-refractivity contribution in [2.24, 2.45) is 11.1 Å². The lowest BCUT2D eigenvalue weighted by atomic mass is 9.91. The Morgan fingerprint density at radius 3 is 2.21 bits per heavy atom. The molecule has 11 heteroatoms. The van der Waals surface area contributed by atoms with Gasteiger partial charge in [0.2, 0.25) is 5.91 Å². The van der Waals surface area contributed by atoms with Crippen LogP contribution >= 0.6 is 34.8 Å². The van der Waals surface area contributed by atoms with Gasteiger partial charge in [-0.05, 0) is 62.4 Å². The Bertz CT molecular complexity index is 2050. The molecule has 1 atom stereocenters. The van der Waals surface area contributed by atoms with E-state index in [4.69, 9.17) is 45.5 Å². The molecule has 3 aromatic carbocycles. The number of hydrogen-bond donors (Lipinski definition) is 3. The van der Waals surface area contributed by atoms with Crippen molar-refractivity contribution in [2.45, 2.75) is 90.8 Å². The maximum absolute atomic E-state index is 12.6.